The van der Waals surface area contributed by atoms with Gasteiger partial charge in [0.25, 0.3) is 0 Å². The lowest BCUT2D eigenvalue weighted by Gasteiger charge is -2.18. The van der Waals surface area contributed by atoms with Crippen LogP contribution in [-0.4, -0.2) is 6.54 Å². The molecule has 1 heterocycles. The van der Waals surface area contributed by atoms with Crippen LogP contribution in [0.25, 0.3) is 0 Å². The lowest BCUT2D eigenvalue weighted by molar-refractivity contribution is 0.715. The Morgan fingerprint density at radius 3 is 3.13 bits per heavy atom. The lowest BCUT2D eigenvalue weighted by Crippen LogP contribution is -2.11. The van der Waals surface area contributed by atoms with Gasteiger partial charge in [-0.05, 0) is 48.9 Å². The third-order valence-corrected chi connectivity index (χ3v) is 3.06. The maximum absolute atomic E-state index is 3.56. The molecule has 0 saturated heterocycles. The van der Waals surface area contributed by atoms with Crippen molar-refractivity contribution in [1.82, 2.24) is 0 Å². The van der Waals surface area contributed by atoms with Crippen molar-refractivity contribution in [1.29, 1.82) is 0 Å². The molecule has 0 atom stereocenters. The SMILES string of the molecule is CCCCCc1[c]c2c(cc1)NCCC2. The van der Waals surface area contributed by atoms with Crippen molar-refractivity contribution in [2.24, 2.45) is 0 Å². The van der Waals surface area contributed by atoms with Crippen LogP contribution in [0.3, 0.4) is 0 Å². The third-order valence-electron chi connectivity index (χ3n) is 3.06. The Kier molecular flexibility index (Phi) is 3.65. The van der Waals surface area contributed by atoms with Crippen LogP contribution >= 0.6 is 0 Å². The van der Waals surface area contributed by atoms with Gasteiger partial charge in [0, 0.05) is 12.2 Å². The summed E-state index contributed by atoms with van der Waals surface area (Å²) in [6.07, 6.45) is 7.59. The third kappa shape index (κ3) is 2.74. The van der Waals surface area contributed by atoms with E-state index in [-0.39, 0.29) is 0 Å². The summed E-state index contributed by atoms with van der Waals surface area (Å²) in [7, 11) is 0. The number of anilines is 1. The summed E-state index contributed by atoms with van der Waals surface area (Å²) in [5, 5.41) is 3.43. The molecule has 1 aromatic rings. The van der Waals surface area contributed by atoms with Gasteiger partial charge in [-0.25, -0.2) is 0 Å². The smallest absolute Gasteiger partial charge is 0.0379 e. The molecule has 0 spiro atoms. The maximum atomic E-state index is 3.56. The van der Waals surface area contributed by atoms with E-state index >= 15 is 0 Å². The van der Waals surface area contributed by atoms with Crippen molar-refractivity contribution in [3.05, 3.63) is 29.3 Å². The Balaban J connectivity index is 2.00. The van der Waals surface area contributed by atoms with E-state index in [1.165, 1.54) is 55.3 Å². The van der Waals surface area contributed by atoms with E-state index in [2.05, 4.69) is 30.4 Å². The second-order valence-electron chi connectivity index (χ2n) is 4.36. The van der Waals surface area contributed by atoms with Gasteiger partial charge in [0.1, 0.15) is 0 Å². The Hall–Kier alpha value is -0.980. The lowest BCUT2D eigenvalue weighted by atomic mass is 9.98. The molecule has 0 bridgehead atoms. The highest BCUT2D eigenvalue weighted by molar-refractivity contribution is 5.53. The van der Waals surface area contributed by atoms with E-state index < -0.39 is 0 Å². The number of nitrogens with one attached hydrogen (secondary N) is 1. The summed E-state index contributed by atoms with van der Waals surface area (Å²) < 4.78 is 0. The molecule has 15 heavy (non-hydrogen) atoms. The molecule has 0 unspecified atom stereocenters. The Morgan fingerprint density at radius 1 is 1.33 bits per heavy atom. The number of hydrogen-bond donors (Lipinski definition) is 1. The number of fused-ring (bicyclic) bond motifs is 1. The standard InChI is InChI=1S/C14H20N/c1-2-3-4-6-12-8-9-14-13(11-12)7-5-10-15-14/h8-9,15H,2-7,10H2,1H3. The van der Waals surface area contributed by atoms with Gasteiger partial charge in [-0.1, -0.05) is 25.8 Å². The average Bonchev–Trinajstić information content (AvgIpc) is 2.29. The summed E-state index contributed by atoms with van der Waals surface area (Å²) in [5.74, 6) is 0. The van der Waals surface area contributed by atoms with Gasteiger partial charge in [-0.3, -0.25) is 0 Å². The van der Waals surface area contributed by atoms with Gasteiger partial charge in [0.15, 0.2) is 0 Å². The molecule has 1 N–H and O–H groups in total. The van der Waals surface area contributed by atoms with E-state index in [9.17, 15) is 0 Å². The summed E-state index contributed by atoms with van der Waals surface area (Å²) in [6.45, 7) is 3.37. The van der Waals surface area contributed by atoms with Crippen LogP contribution in [0.1, 0.15) is 43.7 Å². The largest absolute Gasteiger partial charge is 0.385 e. The first kappa shape index (κ1) is 10.5. The molecule has 0 aliphatic carbocycles. The van der Waals surface area contributed by atoms with Gasteiger partial charge >= 0.3 is 0 Å². The van der Waals surface area contributed by atoms with Crippen molar-refractivity contribution < 1.29 is 0 Å². The molecular formula is C14H20N. The number of benzene rings is 1. The minimum absolute atomic E-state index is 1.12. The Bertz CT molecular complexity index is 317. The fraction of sp³-hybridized carbons (Fsp3) is 0.571. The summed E-state index contributed by atoms with van der Waals surface area (Å²) in [6, 6.07) is 8.02. The van der Waals surface area contributed by atoms with Crippen molar-refractivity contribution in [2.75, 3.05) is 11.9 Å². The Morgan fingerprint density at radius 2 is 2.27 bits per heavy atom. The average molecular weight is 202 g/mol. The summed E-state index contributed by atoms with van der Waals surface area (Å²) in [5.41, 5.74) is 4.10. The second kappa shape index (κ2) is 5.20. The Labute approximate surface area is 92.9 Å². The van der Waals surface area contributed by atoms with Crippen LogP contribution in [0.15, 0.2) is 12.1 Å². The van der Waals surface area contributed by atoms with E-state index in [0.717, 1.165) is 6.54 Å². The van der Waals surface area contributed by atoms with Crippen LogP contribution in [-0.2, 0) is 12.8 Å². The van der Waals surface area contributed by atoms with Crippen molar-refractivity contribution >= 4 is 5.69 Å². The summed E-state index contributed by atoms with van der Waals surface area (Å²) >= 11 is 0. The van der Waals surface area contributed by atoms with Crippen LogP contribution in [0.5, 0.6) is 0 Å². The molecule has 1 radical (unpaired) electrons. The number of rotatable bonds is 4. The molecule has 2 rings (SSSR count). The summed E-state index contributed by atoms with van der Waals surface area (Å²) in [4.78, 5) is 0. The fourth-order valence-corrected chi connectivity index (χ4v) is 2.15. The van der Waals surface area contributed by atoms with Crippen molar-refractivity contribution in [3.63, 3.8) is 0 Å². The molecule has 81 valence electrons. The first-order valence-electron chi connectivity index (χ1n) is 6.18. The molecule has 1 heteroatoms. The van der Waals surface area contributed by atoms with Crippen molar-refractivity contribution in [2.45, 2.75) is 45.4 Å². The molecule has 1 nitrogen and oxygen atoms in total. The van der Waals surface area contributed by atoms with Crippen LogP contribution in [0.4, 0.5) is 5.69 Å². The first-order valence-corrected chi connectivity index (χ1v) is 6.18. The minimum Gasteiger partial charge on any atom is -0.385 e. The van der Waals surface area contributed by atoms with Gasteiger partial charge in [-0.2, -0.15) is 0 Å². The second-order valence-corrected chi connectivity index (χ2v) is 4.36. The van der Waals surface area contributed by atoms with E-state index in [4.69, 9.17) is 0 Å². The van der Waals surface area contributed by atoms with Crippen LogP contribution < -0.4 is 5.32 Å². The van der Waals surface area contributed by atoms with Gasteiger partial charge in [0.2, 0.25) is 0 Å². The van der Waals surface area contributed by atoms with Crippen LogP contribution in [0.2, 0.25) is 0 Å². The maximum Gasteiger partial charge on any atom is 0.0379 e. The molecule has 0 saturated carbocycles. The molecule has 1 aromatic carbocycles. The molecule has 0 fully saturated rings. The predicted octanol–water partition coefficient (Wildman–Crippen LogP) is 3.58. The number of hydrogen-bond acceptors (Lipinski definition) is 1. The minimum atomic E-state index is 1.12. The highest BCUT2D eigenvalue weighted by Gasteiger charge is 2.08. The predicted molar refractivity (Wildman–Crippen MR) is 65.3 cm³/mol. The first-order chi connectivity index (χ1) is 7.40. The molecule has 0 aromatic heterocycles. The molecule has 1 aliphatic rings. The fourth-order valence-electron chi connectivity index (χ4n) is 2.15. The zero-order chi connectivity index (χ0) is 10.5. The van der Waals surface area contributed by atoms with E-state index in [1.807, 2.05) is 0 Å². The van der Waals surface area contributed by atoms with Gasteiger partial charge < -0.3 is 5.32 Å². The highest BCUT2D eigenvalue weighted by atomic mass is 14.9. The van der Waals surface area contributed by atoms with Gasteiger partial charge in [-0.15, -0.1) is 0 Å². The molecule has 0 amide bonds. The number of aryl methyl sites for hydroxylation is 2. The topological polar surface area (TPSA) is 12.0 Å². The van der Waals surface area contributed by atoms with Crippen molar-refractivity contribution in [3.8, 4) is 0 Å². The molecular weight excluding hydrogens is 182 g/mol. The highest BCUT2D eigenvalue weighted by Crippen LogP contribution is 2.22. The van der Waals surface area contributed by atoms with Gasteiger partial charge in [0.05, 0.1) is 0 Å². The zero-order valence-electron chi connectivity index (χ0n) is 9.60. The van der Waals surface area contributed by atoms with E-state index in [0.29, 0.717) is 0 Å². The zero-order valence-corrected chi connectivity index (χ0v) is 9.60. The number of unbranched alkanes of at least 4 members (excludes halogenated alkanes) is 2. The van der Waals surface area contributed by atoms with Crippen LogP contribution in [0, 0.1) is 6.07 Å². The normalized spacial score (nSPS) is 14.5. The monoisotopic (exact) mass is 202 g/mol. The quantitative estimate of drug-likeness (QED) is 0.736. The van der Waals surface area contributed by atoms with E-state index in [1.54, 1.807) is 0 Å². The molecule has 1 aliphatic heterocycles.